The van der Waals surface area contributed by atoms with Gasteiger partial charge in [0.1, 0.15) is 5.75 Å². The highest BCUT2D eigenvalue weighted by molar-refractivity contribution is 5.89. The molecule has 3 rings (SSSR count). The fraction of sp³-hybridized carbons (Fsp3) is 0.158. The Morgan fingerprint density at radius 2 is 1.96 bits per heavy atom. The van der Waals surface area contributed by atoms with Crippen molar-refractivity contribution >= 4 is 11.7 Å². The molecular weight excluding hydrogens is 318 g/mol. The number of ether oxygens (including phenoxy) is 1. The molecule has 6 heteroatoms. The zero-order chi connectivity index (χ0) is 17.5. The first-order chi connectivity index (χ1) is 12.2. The maximum Gasteiger partial charge on any atom is 0.319 e. The molecule has 0 saturated carbocycles. The van der Waals surface area contributed by atoms with Gasteiger partial charge in [-0.25, -0.2) is 4.79 Å². The molecule has 0 radical (unpaired) electrons. The predicted octanol–water partition coefficient (Wildman–Crippen LogP) is 3.71. The summed E-state index contributed by atoms with van der Waals surface area (Å²) >= 11 is 0. The highest BCUT2D eigenvalue weighted by Gasteiger charge is 2.08. The molecule has 2 N–H and O–H groups in total. The average Bonchev–Trinajstić information content (AvgIpc) is 3.11. The number of aromatic nitrogens is 1. The number of anilines is 1. The Hall–Kier alpha value is -3.28. The van der Waals surface area contributed by atoms with E-state index in [9.17, 15) is 4.79 Å². The molecule has 2 amide bonds. The molecule has 0 aliphatic rings. The molecule has 0 spiro atoms. The van der Waals surface area contributed by atoms with Gasteiger partial charge in [0.05, 0.1) is 12.8 Å². The SMILES string of the molecule is COc1cccc(-c2cc(CCNC(=O)Nc3ccccc3)no2)c1. The zero-order valence-corrected chi connectivity index (χ0v) is 13.9. The van der Waals surface area contributed by atoms with Crippen LogP contribution in [0.2, 0.25) is 0 Å². The van der Waals surface area contributed by atoms with Crippen LogP contribution >= 0.6 is 0 Å². The number of para-hydroxylation sites is 1. The van der Waals surface area contributed by atoms with Crippen molar-refractivity contribution < 1.29 is 14.1 Å². The van der Waals surface area contributed by atoms with Gasteiger partial charge in [0.2, 0.25) is 0 Å². The van der Waals surface area contributed by atoms with Crippen LogP contribution in [0, 0.1) is 0 Å². The number of nitrogens with zero attached hydrogens (tertiary/aromatic N) is 1. The first-order valence-electron chi connectivity index (χ1n) is 7.94. The Balaban J connectivity index is 1.51. The van der Waals surface area contributed by atoms with E-state index in [1.165, 1.54) is 0 Å². The second-order valence-electron chi connectivity index (χ2n) is 5.41. The maximum atomic E-state index is 11.8. The number of rotatable bonds is 6. The van der Waals surface area contributed by atoms with Crippen LogP contribution in [0.15, 0.2) is 65.2 Å². The standard InChI is InChI=1S/C19H19N3O3/c1-24-17-9-5-6-14(12-17)18-13-16(22-25-18)10-11-20-19(23)21-15-7-3-2-4-8-15/h2-9,12-13H,10-11H2,1H3,(H2,20,21,23). The number of urea groups is 1. The first kappa shape index (κ1) is 16.6. The minimum absolute atomic E-state index is 0.247. The molecule has 0 saturated heterocycles. The largest absolute Gasteiger partial charge is 0.497 e. The summed E-state index contributed by atoms with van der Waals surface area (Å²) in [6.07, 6.45) is 0.579. The van der Waals surface area contributed by atoms with Crippen LogP contribution in [0.25, 0.3) is 11.3 Å². The van der Waals surface area contributed by atoms with E-state index < -0.39 is 0 Å². The fourth-order valence-electron chi connectivity index (χ4n) is 2.34. The predicted molar refractivity (Wildman–Crippen MR) is 95.7 cm³/mol. The third-order valence-electron chi connectivity index (χ3n) is 3.61. The van der Waals surface area contributed by atoms with Crippen molar-refractivity contribution in [3.63, 3.8) is 0 Å². The lowest BCUT2D eigenvalue weighted by molar-refractivity contribution is 0.252. The summed E-state index contributed by atoms with van der Waals surface area (Å²) in [4.78, 5) is 11.8. The Labute approximate surface area is 145 Å². The number of carbonyl (C=O) groups excluding carboxylic acids is 1. The van der Waals surface area contributed by atoms with E-state index in [0.29, 0.717) is 18.7 Å². The van der Waals surface area contributed by atoms with Crippen LogP contribution < -0.4 is 15.4 Å². The topological polar surface area (TPSA) is 76.4 Å². The molecular formula is C19H19N3O3. The lowest BCUT2D eigenvalue weighted by atomic mass is 10.1. The van der Waals surface area contributed by atoms with Crippen molar-refractivity contribution in [1.82, 2.24) is 10.5 Å². The molecule has 0 aliphatic carbocycles. The summed E-state index contributed by atoms with van der Waals surface area (Å²) in [5.41, 5.74) is 2.42. The zero-order valence-electron chi connectivity index (χ0n) is 13.9. The van der Waals surface area contributed by atoms with Gasteiger partial charge in [-0.15, -0.1) is 0 Å². The molecule has 128 valence electrons. The van der Waals surface area contributed by atoms with Gasteiger partial charge in [0.25, 0.3) is 0 Å². The van der Waals surface area contributed by atoms with E-state index in [-0.39, 0.29) is 6.03 Å². The smallest absolute Gasteiger partial charge is 0.319 e. The summed E-state index contributed by atoms with van der Waals surface area (Å²) in [6.45, 7) is 0.461. The average molecular weight is 337 g/mol. The molecule has 1 heterocycles. The van der Waals surface area contributed by atoms with Crippen LogP contribution in [0.1, 0.15) is 5.69 Å². The van der Waals surface area contributed by atoms with E-state index in [0.717, 1.165) is 22.7 Å². The van der Waals surface area contributed by atoms with E-state index in [1.54, 1.807) is 7.11 Å². The number of hydrogen-bond donors (Lipinski definition) is 2. The maximum absolute atomic E-state index is 11.8. The van der Waals surface area contributed by atoms with Crippen molar-refractivity contribution in [3.05, 3.63) is 66.4 Å². The van der Waals surface area contributed by atoms with Crippen LogP contribution in [0.4, 0.5) is 10.5 Å². The summed E-state index contributed by atoms with van der Waals surface area (Å²) in [7, 11) is 1.62. The van der Waals surface area contributed by atoms with Gasteiger partial charge in [-0.1, -0.05) is 35.5 Å². The van der Waals surface area contributed by atoms with Crippen LogP contribution in [0.3, 0.4) is 0 Å². The lowest BCUT2D eigenvalue weighted by Gasteiger charge is -2.06. The van der Waals surface area contributed by atoms with Crippen LogP contribution in [-0.2, 0) is 6.42 Å². The number of amides is 2. The summed E-state index contributed by atoms with van der Waals surface area (Å²) in [5.74, 6) is 1.43. The molecule has 0 fully saturated rings. The highest BCUT2D eigenvalue weighted by Crippen LogP contribution is 2.24. The molecule has 0 atom stereocenters. The van der Waals surface area contributed by atoms with Gasteiger partial charge in [-0.2, -0.15) is 0 Å². The molecule has 6 nitrogen and oxygen atoms in total. The van der Waals surface area contributed by atoms with E-state index in [1.807, 2.05) is 60.7 Å². The second-order valence-corrected chi connectivity index (χ2v) is 5.41. The molecule has 0 unspecified atom stereocenters. The second kappa shape index (κ2) is 8.01. The summed E-state index contributed by atoms with van der Waals surface area (Å²) in [6, 6.07) is 18.5. The number of nitrogens with one attached hydrogen (secondary N) is 2. The minimum Gasteiger partial charge on any atom is -0.497 e. The Morgan fingerprint density at radius 1 is 1.12 bits per heavy atom. The van der Waals surface area contributed by atoms with Crippen LogP contribution in [-0.4, -0.2) is 24.8 Å². The number of methoxy groups -OCH3 is 1. The molecule has 3 aromatic rings. The Morgan fingerprint density at radius 3 is 2.76 bits per heavy atom. The number of carbonyl (C=O) groups is 1. The van der Waals surface area contributed by atoms with E-state index in [4.69, 9.17) is 9.26 Å². The van der Waals surface area contributed by atoms with Gasteiger partial charge < -0.3 is 19.9 Å². The van der Waals surface area contributed by atoms with Gasteiger partial charge in [-0.3, -0.25) is 0 Å². The van der Waals surface area contributed by atoms with Gasteiger partial charge in [0.15, 0.2) is 5.76 Å². The summed E-state index contributed by atoms with van der Waals surface area (Å²) in [5, 5.41) is 9.60. The fourth-order valence-corrected chi connectivity index (χ4v) is 2.34. The molecule has 0 bridgehead atoms. The third kappa shape index (κ3) is 4.60. The molecule has 25 heavy (non-hydrogen) atoms. The van der Waals surface area contributed by atoms with Crippen molar-refractivity contribution in [1.29, 1.82) is 0 Å². The first-order valence-corrected chi connectivity index (χ1v) is 7.94. The van der Waals surface area contributed by atoms with Crippen molar-refractivity contribution in [3.8, 4) is 17.1 Å². The van der Waals surface area contributed by atoms with Crippen molar-refractivity contribution in [2.24, 2.45) is 0 Å². The van der Waals surface area contributed by atoms with Gasteiger partial charge >= 0.3 is 6.03 Å². The number of hydrogen-bond acceptors (Lipinski definition) is 4. The van der Waals surface area contributed by atoms with E-state index in [2.05, 4.69) is 15.8 Å². The number of benzene rings is 2. The summed E-state index contributed by atoms with van der Waals surface area (Å²) < 4.78 is 10.6. The minimum atomic E-state index is -0.247. The Bertz CT molecular complexity index is 831. The molecule has 0 aliphatic heterocycles. The van der Waals surface area contributed by atoms with Crippen LogP contribution in [0.5, 0.6) is 5.75 Å². The highest BCUT2D eigenvalue weighted by atomic mass is 16.5. The quantitative estimate of drug-likeness (QED) is 0.719. The van der Waals surface area contributed by atoms with E-state index >= 15 is 0 Å². The molecule has 2 aromatic carbocycles. The van der Waals surface area contributed by atoms with Gasteiger partial charge in [-0.05, 0) is 24.3 Å². The Kier molecular flexibility index (Phi) is 5.31. The monoisotopic (exact) mass is 337 g/mol. The van der Waals surface area contributed by atoms with Crippen molar-refractivity contribution in [2.75, 3.05) is 19.0 Å². The van der Waals surface area contributed by atoms with Gasteiger partial charge in [0, 0.05) is 30.3 Å². The normalized spacial score (nSPS) is 10.3. The lowest BCUT2D eigenvalue weighted by Crippen LogP contribution is -2.30. The van der Waals surface area contributed by atoms with Crippen molar-refractivity contribution in [2.45, 2.75) is 6.42 Å². The molecule has 1 aromatic heterocycles. The third-order valence-corrected chi connectivity index (χ3v) is 3.61.